The molecule has 2 aromatic rings. The van der Waals surface area contributed by atoms with Crippen LogP contribution in [0.2, 0.25) is 0 Å². The van der Waals surface area contributed by atoms with Crippen LogP contribution in [0, 0.1) is 11.6 Å². The normalized spacial score (nSPS) is 12.5. The van der Waals surface area contributed by atoms with Gasteiger partial charge in [-0.3, -0.25) is 4.98 Å². The Morgan fingerprint density at radius 1 is 1.17 bits per heavy atom. The van der Waals surface area contributed by atoms with Crippen molar-refractivity contribution in [3.63, 3.8) is 0 Å². The topological polar surface area (TPSA) is 38.9 Å². The first-order valence-corrected chi connectivity index (χ1v) is 6.59. The monoisotopic (exact) mass is 376 g/mol. The molecule has 0 radical (unpaired) electrons. The highest BCUT2D eigenvalue weighted by atomic mass is 79.9. The van der Waals surface area contributed by atoms with Crippen molar-refractivity contribution in [3.05, 3.63) is 62.3 Å². The molecule has 18 heavy (non-hydrogen) atoms. The smallest absolute Gasteiger partial charge is 0.131 e. The summed E-state index contributed by atoms with van der Waals surface area (Å²) >= 11 is 6.53. The van der Waals surface area contributed by atoms with Gasteiger partial charge in [-0.15, -0.1) is 0 Å². The van der Waals surface area contributed by atoms with E-state index in [0.29, 0.717) is 10.2 Å². The SMILES string of the molecule is NC(c1ncc(Br)cc1Br)c1c(F)cccc1F. The van der Waals surface area contributed by atoms with Crippen molar-refractivity contribution < 1.29 is 8.78 Å². The molecule has 1 aromatic carbocycles. The highest BCUT2D eigenvalue weighted by molar-refractivity contribution is 9.11. The number of halogens is 4. The fraction of sp³-hybridized carbons (Fsp3) is 0.0833. The van der Waals surface area contributed by atoms with Gasteiger partial charge in [-0.1, -0.05) is 6.07 Å². The quantitative estimate of drug-likeness (QED) is 0.861. The number of hydrogen-bond donors (Lipinski definition) is 1. The lowest BCUT2D eigenvalue weighted by Gasteiger charge is -2.15. The molecule has 0 saturated heterocycles. The van der Waals surface area contributed by atoms with Crippen molar-refractivity contribution in [3.8, 4) is 0 Å². The van der Waals surface area contributed by atoms with Gasteiger partial charge in [0, 0.05) is 20.7 Å². The van der Waals surface area contributed by atoms with E-state index < -0.39 is 17.7 Å². The standard InChI is InChI=1S/C12H8Br2F2N2/c13-6-4-7(14)12(18-5-6)11(17)10-8(15)2-1-3-9(10)16/h1-5,11H,17H2. The predicted octanol–water partition coefficient (Wildman–Crippen LogP) is 3.93. The molecule has 2 N–H and O–H groups in total. The third kappa shape index (κ3) is 2.60. The maximum absolute atomic E-state index is 13.6. The fourth-order valence-corrected chi connectivity index (χ4v) is 2.83. The van der Waals surface area contributed by atoms with Gasteiger partial charge in [-0.25, -0.2) is 8.78 Å². The third-order valence-corrected chi connectivity index (χ3v) is 3.51. The molecule has 1 unspecified atom stereocenters. The lowest BCUT2D eigenvalue weighted by molar-refractivity contribution is 0.540. The maximum Gasteiger partial charge on any atom is 0.131 e. The van der Waals surface area contributed by atoms with Crippen molar-refractivity contribution in [1.29, 1.82) is 0 Å². The second-order valence-electron chi connectivity index (χ2n) is 3.63. The zero-order valence-electron chi connectivity index (χ0n) is 9.00. The van der Waals surface area contributed by atoms with E-state index in [1.54, 1.807) is 6.07 Å². The highest BCUT2D eigenvalue weighted by Crippen LogP contribution is 2.29. The highest BCUT2D eigenvalue weighted by Gasteiger charge is 2.21. The first-order chi connectivity index (χ1) is 8.50. The van der Waals surface area contributed by atoms with Crippen LogP contribution in [0.1, 0.15) is 17.3 Å². The Hall–Kier alpha value is -0.850. The number of hydrogen-bond acceptors (Lipinski definition) is 2. The van der Waals surface area contributed by atoms with Crippen molar-refractivity contribution >= 4 is 31.9 Å². The molecular weight excluding hydrogens is 370 g/mol. The number of rotatable bonds is 2. The molecule has 1 aromatic heterocycles. The number of aromatic nitrogens is 1. The van der Waals surface area contributed by atoms with Crippen LogP contribution in [0.5, 0.6) is 0 Å². The van der Waals surface area contributed by atoms with E-state index >= 15 is 0 Å². The summed E-state index contributed by atoms with van der Waals surface area (Å²) in [7, 11) is 0. The zero-order chi connectivity index (χ0) is 13.3. The molecule has 1 heterocycles. The van der Waals surface area contributed by atoms with E-state index in [2.05, 4.69) is 36.8 Å². The van der Waals surface area contributed by atoms with Crippen molar-refractivity contribution in [2.45, 2.75) is 6.04 Å². The van der Waals surface area contributed by atoms with Crippen LogP contribution in [-0.4, -0.2) is 4.98 Å². The number of pyridine rings is 1. The average Bonchev–Trinajstić information content (AvgIpc) is 2.28. The Morgan fingerprint density at radius 2 is 1.78 bits per heavy atom. The average molecular weight is 378 g/mol. The van der Waals surface area contributed by atoms with Crippen LogP contribution in [0.25, 0.3) is 0 Å². The minimum Gasteiger partial charge on any atom is -0.319 e. The molecule has 0 fully saturated rings. The Bertz CT molecular complexity index is 570. The van der Waals surface area contributed by atoms with E-state index in [1.165, 1.54) is 24.4 Å². The van der Waals surface area contributed by atoms with Gasteiger partial charge >= 0.3 is 0 Å². The molecule has 0 bridgehead atoms. The molecule has 0 aliphatic heterocycles. The summed E-state index contributed by atoms with van der Waals surface area (Å²) < 4.78 is 28.6. The first kappa shape index (κ1) is 13.6. The first-order valence-electron chi connectivity index (χ1n) is 5.01. The molecule has 94 valence electrons. The van der Waals surface area contributed by atoms with E-state index in [4.69, 9.17) is 5.73 Å². The molecule has 0 amide bonds. The Morgan fingerprint density at radius 3 is 2.33 bits per heavy atom. The second kappa shape index (κ2) is 5.42. The molecule has 2 nitrogen and oxygen atoms in total. The molecule has 0 spiro atoms. The fourth-order valence-electron chi connectivity index (χ4n) is 1.60. The molecule has 1 atom stereocenters. The van der Waals surface area contributed by atoms with Gasteiger partial charge in [0.05, 0.1) is 11.7 Å². The summed E-state index contributed by atoms with van der Waals surface area (Å²) in [5.74, 6) is -1.36. The molecule has 0 saturated carbocycles. The summed E-state index contributed by atoms with van der Waals surface area (Å²) in [5, 5.41) is 0. The molecular formula is C12H8Br2F2N2. The van der Waals surface area contributed by atoms with E-state index in [1.807, 2.05) is 0 Å². The van der Waals surface area contributed by atoms with Gasteiger partial charge in [0.15, 0.2) is 0 Å². The lowest BCUT2D eigenvalue weighted by Crippen LogP contribution is -2.17. The van der Waals surface area contributed by atoms with Gasteiger partial charge in [0.1, 0.15) is 11.6 Å². The lowest BCUT2D eigenvalue weighted by atomic mass is 10.0. The molecule has 0 aliphatic rings. The van der Waals surface area contributed by atoms with Crippen LogP contribution in [-0.2, 0) is 0 Å². The summed E-state index contributed by atoms with van der Waals surface area (Å²) in [6, 6.07) is 4.40. The van der Waals surface area contributed by atoms with Gasteiger partial charge in [0.2, 0.25) is 0 Å². The van der Waals surface area contributed by atoms with Crippen LogP contribution < -0.4 is 5.73 Å². The Balaban J connectivity index is 2.51. The third-order valence-electron chi connectivity index (χ3n) is 2.44. The van der Waals surface area contributed by atoms with Crippen molar-refractivity contribution in [2.24, 2.45) is 5.73 Å². The van der Waals surface area contributed by atoms with Gasteiger partial charge in [0.25, 0.3) is 0 Å². The summed E-state index contributed by atoms with van der Waals surface area (Å²) in [5.41, 5.74) is 6.07. The van der Waals surface area contributed by atoms with Gasteiger partial charge < -0.3 is 5.73 Å². The van der Waals surface area contributed by atoms with Crippen LogP contribution in [0.3, 0.4) is 0 Å². The predicted molar refractivity (Wildman–Crippen MR) is 72.0 cm³/mol. The number of benzene rings is 1. The van der Waals surface area contributed by atoms with Gasteiger partial charge in [-0.2, -0.15) is 0 Å². The van der Waals surface area contributed by atoms with Crippen LogP contribution >= 0.6 is 31.9 Å². The Labute approximate surface area is 119 Å². The Kier molecular flexibility index (Phi) is 4.09. The van der Waals surface area contributed by atoms with Crippen molar-refractivity contribution in [2.75, 3.05) is 0 Å². The number of nitrogens with two attached hydrogens (primary N) is 1. The molecule has 6 heteroatoms. The second-order valence-corrected chi connectivity index (χ2v) is 5.40. The summed E-state index contributed by atoms with van der Waals surface area (Å²) in [6.07, 6.45) is 1.53. The molecule has 2 rings (SSSR count). The zero-order valence-corrected chi connectivity index (χ0v) is 12.2. The van der Waals surface area contributed by atoms with E-state index in [9.17, 15) is 8.78 Å². The minimum atomic E-state index is -0.964. The van der Waals surface area contributed by atoms with Crippen LogP contribution in [0.4, 0.5) is 8.78 Å². The van der Waals surface area contributed by atoms with Gasteiger partial charge in [-0.05, 0) is 50.1 Å². The largest absolute Gasteiger partial charge is 0.319 e. The minimum absolute atomic E-state index is 0.187. The van der Waals surface area contributed by atoms with E-state index in [-0.39, 0.29) is 5.56 Å². The summed E-state index contributed by atoms with van der Waals surface area (Å²) in [4.78, 5) is 4.08. The van der Waals surface area contributed by atoms with Crippen LogP contribution in [0.15, 0.2) is 39.4 Å². The van der Waals surface area contributed by atoms with Crippen molar-refractivity contribution in [1.82, 2.24) is 4.98 Å². The maximum atomic E-state index is 13.6. The van der Waals surface area contributed by atoms with E-state index in [0.717, 1.165) is 4.47 Å². The number of nitrogens with zero attached hydrogens (tertiary/aromatic N) is 1. The summed E-state index contributed by atoms with van der Waals surface area (Å²) in [6.45, 7) is 0. The molecule has 0 aliphatic carbocycles.